The minimum Gasteiger partial charge on any atom is -0.0859 e. The molecule has 0 nitrogen and oxygen atoms in total. The lowest BCUT2D eigenvalue weighted by Crippen LogP contribution is -1.93. The minimum atomic E-state index is 0.919. The van der Waals surface area contributed by atoms with Crippen molar-refractivity contribution < 1.29 is 0 Å². The van der Waals surface area contributed by atoms with Gasteiger partial charge in [-0.05, 0) is 32.6 Å². The summed E-state index contributed by atoms with van der Waals surface area (Å²) in [6.45, 7) is 9.02. The molecule has 0 aliphatic rings. The molecular weight excluding hydrogens is 156 g/mol. The monoisotopic (exact) mass is 182 g/mol. The van der Waals surface area contributed by atoms with Crippen LogP contribution in [0.2, 0.25) is 0 Å². The molecule has 0 aliphatic heterocycles. The molecule has 0 radical (unpaired) electrons. The summed E-state index contributed by atoms with van der Waals surface area (Å²) >= 11 is 0. The molecule has 0 bridgehead atoms. The molecule has 78 valence electrons. The summed E-state index contributed by atoms with van der Waals surface area (Å²) in [5, 5.41) is 0. The lowest BCUT2D eigenvalue weighted by molar-refractivity contribution is 0.467. The summed E-state index contributed by atoms with van der Waals surface area (Å²) in [4.78, 5) is 0. The van der Waals surface area contributed by atoms with Gasteiger partial charge in [0.15, 0.2) is 0 Å². The van der Waals surface area contributed by atoms with E-state index < -0.39 is 0 Å². The minimum absolute atomic E-state index is 0.919. The second-order valence-corrected chi connectivity index (χ2v) is 4.46. The lowest BCUT2D eigenvalue weighted by atomic mass is 9.98. The van der Waals surface area contributed by atoms with Gasteiger partial charge in [-0.15, -0.1) is 0 Å². The van der Waals surface area contributed by atoms with E-state index in [2.05, 4.69) is 33.8 Å². The SMILES string of the molecule is CCCCC[C@@H](C)CCC=C(C)C. The van der Waals surface area contributed by atoms with Gasteiger partial charge in [0.1, 0.15) is 0 Å². The molecule has 0 aromatic heterocycles. The zero-order valence-electron chi connectivity index (χ0n) is 9.90. The molecule has 0 N–H and O–H groups in total. The van der Waals surface area contributed by atoms with E-state index in [0.717, 1.165) is 5.92 Å². The van der Waals surface area contributed by atoms with Gasteiger partial charge in [-0.3, -0.25) is 0 Å². The van der Waals surface area contributed by atoms with Gasteiger partial charge in [0, 0.05) is 0 Å². The molecule has 0 saturated carbocycles. The molecule has 1 atom stereocenters. The Bertz CT molecular complexity index is 129. The Kier molecular flexibility index (Phi) is 8.18. The Morgan fingerprint density at radius 1 is 1.15 bits per heavy atom. The lowest BCUT2D eigenvalue weighted by Gasteiger charge is -2.08. The third kappa shape index (κ3) is 9.66. The first-order chi connectivity index (χ1) is 6.16. The van der Waals surface area contributed by atoms with Crippen molar-refractivity contribution in [3.8, 4) is 0 Å². The maximum atomic E-state index is 2.38. The number of allylic oxidation sites excluding steroid dienone is 2. The molecule has 0 aromatic rings. The topological polar surface area (TPSA) is 0 Å². The fraction of sp³-hybridized carbons (Fsp3) is 0.846. The van der Waals surface area contributed by atoms with E-state index in [9.17, 15) is 0 Å². The van der Waals surface area contributed by atoms with Crippen LogP contribution in [0.25, 0.3) is 0 Å². The highest BCUT2D eigenvalue weighted by molar-refractivity contribution is 4.92. The highest BCUT2D eigenvalue weighted by Crippen LogP contribution is 2.15. The van der Waals surface area contributed by atoms with Gasteiger partial charge in [0.25, 0.3) is 0 Å². The fourth-order valence-electron chi connectivity index (χ4n) is 1.54. The average Bonchev–Trinajstić information content (AvgIpc) is 2.04. The van der Waals surface area contributed by atoms with Gasteiger partial charge < -0.3 is 0 Å². The molecule has 0 rings (SSSR count). The number of unbranched alkanes of at least 4 members (excludes halogenated alkanes) is 2. The molecule has 0 aliphatic carbocycles. The third-order valence-electron chi connectivity index (χ3n) is 2.51. The van der Waals surface area contributed by atoms with Crippen LogP contribution in [0.15, 0.2) is 11.6 Å². The smallest absolute Gasteiger partial charge is 0.0346 e. The molecule has 0 unspecified atom stereocenters. The molecule has 0 amide bonds. The maximum Gasteiger partial charge on any atom is -0.0346 e. The van der Waals surface area contributed by atoms with Crippen molar-refractivity contribution in [2.24, 2.45) is 5.92 Å². The van der Waals surface area contributed by atoms with Crippen LogP contribution in [-0.2, 0) is 0 Å². The van der Waals surface area contributed by atoms with Crippen molar-refractivity contribution in [1.29, 1.82) is 0 Å². The van der Waals surface area contributed by atoms with E-state index in [-0.39, 0.29) is 0 Å². The van der Waals surface area contributed by atoms with E-state index in [4.69, 9.17) is 0 Å². The number of hydrogen-bond acceptors (Lipinski definition) is 0. The van der Waals surface area contributed by atoms with Crippen LogP contribution in [0.4, 0.5) is 0 Å². The number of rotatable bonds is 7. The van der Waals surface area contributed by atoms with Crippen LogP contribution < -0.4 is 0 Å². The number of hydrogen-bond donors (Lipinski definition) is 0. The first-order valence-corrected chi connectivity index (χ1v) is 5.80. The molecular formula is C13H26. The first kappa shape index (κ1) is 12.7. The zero-order chi connectivity index (χ0) is 10.1. The van der Waals surface area contributed by atoms with Crippen LogP contribution in [0.1, 0.15) is 66.2 Å². The standard InChI is InChI=1S/C13H26/c1-5-6-7-10-13(4)11-8-9-12(2)3/h9,13H,5-8,10-11H2,1-4H3/t13-/m1/s1. The third-order valence-corrected chi connectivity index (χ3v) is 2.51. The van der Waals surface area contributed by atoms with Gasteiger partial charge in [0.2, 0.25) is 0 Å². The molecule has 0 fully saturated rings. The van der Waals surface area contributed by atoms with Gasteiger partial charge in [0.05, 0.1) is 0 Å². The van der Waals surface area contributed by atoms with Crippen molar-refractivity contribution in [1.82, 2.24) is 0 Å². The van der Waals surface area contributed by atoms with Gasteiger partial charge in [-0.2, -0.15) is 0 Å². The summed E-state index contributed by atoms with van der Waals surface area (Å²) in [6, 6.07) is 0. The van der Waals surface area contributed by atoms with Crippen molar-refractivity contribution in [2.45, 2.75) is 66.2 Å². The predicted octanol–water partition coefficient (Wildman–Crippen LogP) is 4.95. The van der Waals surface area contributed by atoms with Gasteiger partial charge in [-0.25, -0.2) is 0 Å². The summed E-state index contributed by atoms with van der Waals surface area (Å²) < 4.78 is 0. The quantitative estimate of drug-likeness (QED) is 0.386. The molecule has 0 heterocycles. The fourth-order valence-corrected chi connectivity index (χ4v) is 1.54. The Hall–Kier alpha value is -0.260. The highest BCUT2D eigenvalue weighted by atomic mass is 14.1. The van der Waals surface area contributed by atoms with E-state index in [0.29, 0.717) is 0 Å². The first-order valence-electron chi connectivity index (χ1n) is 5.80. The van der Waals surface area contributed by atoms with Crippen LogP contribution >= 0.6 is 0 Å². The molecule has 0 aromatic carbocycles. The predicted molar refractivity (Wildman–Crippen MR) is 62.0 cm³/mol. The Balaban J connectivity index is 3.30. The summed E-state index contributed by atoms with van der Waals surface area (Å²) in [5.41, 5.74) is 1.46. The zero-order valence-corrected chi connectivity index (χ0v) is 9.90. The molecule has 0 saturated heterocycles. The Morgan fingerprint density at radius 2 is 1.85 bits per heavy atom. The largest absolute Gasteiger partial charge is 0.0859 e. The summed E-state index contributed by atoms with van der Waals surface area (Å²) in [7, 11) is 0. The van der Waals surface area contributed by atoms with E-state index in [1.54, 1.807) is 0 Å². The van der Waals surface area contributed by atoms with Gasteiger partial charge in [-0.1, -0.05) is 51.2 Å². The van der Waals surface area contributed by atoms with E-state index >= 15 is 0 Å². The second-order valence-electron chi connectivity index (χ2n) is 4.46. The summed E-state index contributed by atoms with van der Waals surface area (Å²) in [5.74, 6) is 0.919. The normalized spacial score (nSPS) is 12.6. The van der Waals surface area contributed by atoms with Crippen LogP contribution in [0.3, 0.4) is 0 Å². The second kappa shape index (κ2) is 8.34. The average molecular weight is 182 g/mol. The Labute approximate surface area is 84.4 Å². The van der Waals surface area contributed by atoms with Crippen molar-refractivity contribution in [3.63, 3.8) is 0 Å². The molecule has 0 heteroatoms. The van der Waals surface area contributed by atoms with Crippen molar-refractivity contribution in [3.05, 3.63) is 11.6 Å². The van der Waals surface area contributed by atoms with E-state index in [1.807, 2.05) is 0 Å². The maximum absolute atomic E-state index is 2.38. The Morgan fingerprint density at radius 3 is 2.38 bits per heavy atom. The van der Waals surface area contributed by atoms with Crippen LogP contribution in [-0.4, -0.2) is 0 Å². The van der Waals surface area contributed by atoms with Gasteiger partial charge >= 0.3 is 0 Å². The highest BCUT2D eigenvalue weighted by Gasteiger charge is 1.99. The van der Waals surface area contributed by atoms with E-state index in [1.165, 1.54) is 44.1 Å². The molecule has 13 heavy (non-hydrogen) atoms. The van der Waals surface area contributed by atoms with Crippen LogP contribution in [0.5, 0.6) is 0 Å². The van der Waals surface area contributed by atoms with Crippen LogP contribution in [0, 0.1) is 5.92 Å². The summed E-state index contributed by atoms with van der Waals surface area (Å²) in [6.07, 6.45) is 10.6. The van der Waals surface area contributed by atoms with Crippen molar-refractivity contribution >= 4 is 0 Å². The molecule has 0 spiro atoms. The van der Waals surface area contributed by atoms with Crippen molar-refractivity contribution in [2.75, 3.05) is 0 Å².